The molecule has 0 amide bonds. The Labute approximate surface area is 156 Å². The zero-order chi connectivity index (χ0) is 18.9. The second kappa shape index (κ2) is 7.43. The van der Waals surface area contributed by atoms with E-state index in [2.05, 4.69) is 34.9 Å². The molecule has 2 unspecified atom stereocenters. The molecule has 0 saturated carbocycles. The first-order valence-corrected chi connectivity index (χ1v) is 10.7. The normalized spacial score (nSPS) is 20.7. The third kappa shape index (κ3) is 3.66. The van der Waals surface area contributed by atoms with E-state index >= 15 is 0 Å². The molecule has 1 aromatic heterocycles. The number of nitrogens with one attached hydrogen (secondary N) is 1. The first-order valence-electron chi connectivity index (χ1n) is 8.36. The van der Waals surface area contributed by atoms with Gasteiger partial charge in [-0.2, -0.15) is 0 Å². The molecule has 1 aliphatic rings. The summed E-state index contributed by atoms with van der Waals surface area (Å²) in [6.07, 6.45) is 0.945. The Morgan fingerprint density at radius 2 is 2.04 bits per heavy atom. The van der Waals surface area contributed by atoms with E-state index in [1.54, 1.807) is 11.3 Å². The molecular weight excluding hydrogens is 374 g/mol. The Bertz CT molecular complexity index is 910. The van der Waals surface area contributed by atoms with E-state index in [9.17, 15) is 18.5 Å². The van der Waals surface area contributed by atoms with Gasteiger partial charge in [0.25, 0.3) is 5.69 Å². The smallest absolute Gasteiger partial charge is 0.289 e. The van der Waals surface area contributed by atoms with E-state index < -0.39 is 20.6 Å². The summed E-state index contributed by atoms with van der Waals surface area (Å²) in [4.78, 5) is 13.7. The van der Waals surface area contributed by atoms with Gasteiger partial charge in [-0.3, -0.25) is 15.0 Å². The number of nitro benzene ring substituents is 1. The number of nitro groups is 1. The van der Waals surface area contributed by atoms with Gasteiger partial charge in [0.2, 0.25) is 10.0 Å². The van der Waals surface area contributed by atoms with Gasteiger partial charge in [0, 0.05) is 36.1 Å². The second-order valence-corrected chi connectivity index (χ2v) is 9.08. The average molecular weight is 396 g/mol. The molecule has 0 spiro atoms. The third-order valence-electron chi connectivity index (χ3n) is 4.75. The largest absolute Gasteiger partial charge is 0.291 e. The van der Waals surface area contributed by atoms with Crippen LogP contribution in [0.3, 0.4) is 0 Å². The molecule has 0 bridgehead atoms. The van der Waals surface area contributed by atoms with Gasteiger partial charge >= 0.3 is 0 Å². The molecule has 7 nitrogen and oxygen atoms in total. The van der Waals surface area contributed by atoms with Crippen molar-refractivity contribution in [1.82, 2.24) is 9.62 Å². The molecule has 0 radical (unpaired) electrons. The third-order valence-corrected chi connectivity index (χ3v) is 7.39. The molecule has 3 rings (SSSR count). The second-order valence-electron chi connectivity index (χ2n) is 6.40. The summed E-state index contributed by atoms with van der Waals surface area (Å²) >= 11 is 1.73. The van der Waals surface area contributed by atoms with Crippen molar-refractivity contribution in [3.63, 3.8) is 0 Å². The van der Waals surface area contributed by atoms with Crippen LogP contribution in [0.15, 0.2) is 40.6 Å². The van der Waals surface area contributed by atoms with Gasteiger partial charge in [-0.15, -0.1) is 11.3 Å². The minimum Gasteiger partial charge on any atom is -0.291 e. The van der Waals surface area contributed by atoms with Crippen molar-refractivity contribution in [2.24, 2.45) is 0 Å². The van der Waals surface area contributed by atoms with Crippen LogP contribution >= 0.6 is 11.3 Å². The highest BCUT2D eigenvalue weighted by molar-refractivity contribution is 7.89. The lowest BCUT2D eigenvalue weighted by Crippen LogP contribution is -2.44. The van der Waals surface area contributed by atoms with Gasteiger partial charge in [0.05, 0.1) is 4.92 Å². The molecule has 26 heavy (non-hydrogen) atoms. The molecule has 9 heteroatoms. The fraction of sp³-hybridized carbons (Fsp3) is 0.412. The van der Waals surface area contributed by atoms with Crippen LogP contribution in [0.1, 0.15) is 30.3 Å². The first-order chi connectivity index (χ1) is 12.3. The van der Waals surface area contributed by atoms with E-state index in [0.717, 1.165) is 6.42 Å². The number of rotatable bonds is 6. The van der Waals surface area contributed by atoms with E-state index in [1.165, 1.54) is 34.7 Å². The van der Waals surface area contributed by atoms with Crippen molar-refractivity contribution in [3.8, 4) is 0 Å². The van der Waals surface area contributed by atoms with E-state index in [0.29, 0.717) is 12.6 Å². The van der Waals surface area contributed by atoms with Crippen LogP contribution in [-0.4, -0.2) is 37.4 Å². The summed E-state index contributed by atoms with van der Waals surface area (Å²) < 4.78 is 27.5. The van der Waals surface area contributed by atoms with Gasteiger partial charge in [0.15, 0.2) is 4.90 Å². The van der Waals surface area contributed by atoms with Crippen LogP contribution in [0, 0.1) is 10.1 Å². The van der Waals surface area contributed by atoms with Gasteiger partial charge in [0.1, 0.15) is 0 Å². The van der Waals surface area contributed by atoms with Gasteiger partial charge in [-0.25, -0.2) is 13.1 Å². The maximum absolute atomic E-state index is 12.5. The van der Waals surface area contributed by atoms with Crippen LogP contribution in [0.4, 0.5) is 5.69 Å². The Balaban J connectivity index is 1.69. The molecule has 1 aromatic carbocycles. The molecule has 2 atom stereocenters. The zero-order valence-electron chi connectivity index (χ0n) is 14.6. The molecule has 2 heterocycles. The highest BCUT2D eigenvalue weighted by atomic mass is 32.2. The Kier molecular flexibility index (Phi) is 5.42. The van der Waals surface area contributed by atoms with Crippen molar-refractivity contribution < 1.29 is 13.3 Å². The number of para-hydroxylation sites is 1. The minimum atomic E-state index is -3.94. The van der Waals surface area contributed by atoms with Crippen molar-refractivity contribution in [2.45, 2.75) is 37.2 Å². The molecule has 140 valence electrons. The topological polar surface area (TPSA) is 92.6 Å². The molecule has 1 aliphatic heterocycles. The van der Waals surface area contributed by atoms with E-state index in [4.69, 9.17) is 0 Å². The fourth-order valence-electron chi connectivity index (χ4n) is 3.49. The van der Waals surface area contributed by atoms with Gasteiger partial charge < -0.3 is 0 Å². The number of hydrogen-bond donors (Lipinski definition) is 1. The molecule has 2 aromatic rings. The van der Waals surface area contributed by atoms with Crippen LogP contribution < -0.4 is 4.72 Å². The van der Waals surface area contributed by atoms with Crippen LogP contribution in [0.5, 0.6) is 0 Å². The predicted molar refractivity (Wildman–Crippen MR) is 101 cm³/mol. The van der Waals surface area contributed by atoms with Gasteiger partial charge in [-0.05, 0) is 43.3 Å². The van der Waals surface area contributed by atoms with Crippen molar-refractivity contribution in [1.29, 1.82) is 0 Å². The van der Waals surface area contributed by atoms with Crippen LogP contribution in [0.25, 0.3) is 0 Å². The highest BCUT2D eigenvalue weighted by Crippen LogP contribution is 2.36. The first kappa shape index (κ1) is 19.0. The van der Waals surface area contributed by atoms with E-state index in [-0.39, 0.29) is 17.5 Å². The van der Waals surface area contributed by atoms with E-state index in [1.807, 2.05) is 0 Å². The Hall–Kier alpha value is -1.81. The summed E-state index contributed by atoms with van der Waals surface area (Å²) in [5.41, 5.74) is 0.953. The monoisotopic (exact) mass is 395 g/mol. The number of thiophene rings is 1. The summed E-state index contributed by atoms with van der Waals surface area (Å²) in [6, 6.07) is 8.07. The predicted octanol–water partition coefficient (Wildman–Crippen LogP) is 2.94. The maximum atomic E-state index is 12.5. The SMILES string of the molecule is CC1Cc2ccsc2C(C)N1CCNS(=O)(=O)c1ccccc1[N+](=O)[O-]. The highest BCUT2D eigenvalue weighted by Gasteiger charge is 2.30. The standard InChI is InChI=1S/C17H21N3O4S2/c1-12-11-14-7-10-25-17(14)13(2)19(12)9-8-18-26(23,24)16-6-4-3-5-15(16)20(21)22/h3-7,10,12-13,18H,8-9,11H2,1-2H3. The molecule has 0 fully saturated rings. The number of sulfonamides is 1. The Morgan fingerprint density at radius 3 is 2.77 bits per heavy atom. The van der Waals surface area contributed by atoms with Crippen molar-refractivity contribution in [2.75, 3.05) is 13.1 Å². The number of hydrogen-bond acceptors (Lipinski definition) is 6. The minimum absolute atomic E-state index is 0.198. The molecule has 0 aliphatic carbocycles. The zero-order valence-corrected chi connectivity index (χ0v) is 16.2. The number of nitrogens with zero attached hydrogens (tertiary/aromatic N) is 2. The summed E-state index contributed by atoms with van der Waals surface area (Å²) in [6.45, 7) is 5.00. The van der Waals surface area contributed by atoms with Crippen LogP contribution in [0.2, 0.25) is 0 Å². The summed E-state index contributed by atoms with van der Waals surface area (Å²) in [5, 5.41) is 13.2. The van der Waals surface area contributed by atoms with Crippen molar-refractivity contribution >= 4 is 27.0 Å². The lowest BCUT2D eigenvalue weighted by Gasteiger charge is -2.38. The summed E-state index contributed by atoms with van der Waals surface area (Å²) in [7, 11) is -3.94. The lowest BCUT2D eigenvalue weighted by atomic mass is 9.97. The van der Waals surface area contributed by atoms with Crippen molar-refractivity contribution in [3.05, 3.63) is 56.3 Å². The lowest BCUT2D eigenvalue weighted by molar-refractivity contribution is -0.387. The molecule has 1 N–H and O–H groups in total. The quantitative estimate of drug-likeness (QED) is 0.600. The average Bonchev–Trinajstić information content (AvgIpc) is 3.06. The van der Waals surface area contributed by atoms with Crippen LogP contribution in [-0.2, 0) is 16.4 Å². The number of benzene rings is 1. The fourth-order valence-corrected chi connectivity index (χ4v) is 5.69. The Morgan fingerprint density at radius 1 is 1.31 bits per heavy atom. The maximum Gasteiger partial charge on any atom is 0.289 e. The molecule has 0 saturated heterocycles. The number of fused-ring (bicyclic) bond motifs is 1. The molecular formula is C17H21N3O4S2. The summed E-state index contributed by atoms with van der Waals surface area (Å²) in [5.74, 6) is 0. The van der Waals surface area contributed by atoms with Gasteiger partial charge in [-0.1, -0.05) is 12.1 Å².